The van der Waals surface area contributed by atoms with E-state index in [1.54, 1.807) is 0 Å². The Morgan fingerprint density at radius 1 is 0.308 bits per heavy atom. The van der Waals surface area contributed by atoms with Gasteiger partial charge in [-0.25, -0.2) is 0 Å². The van der Waals surface area contributed by atoms with Crippen molar-refractivity contribution >= 4 is 0 Å². The number of rotatable bonds is 22. The minimum Gasteiger partial charge on any atom is -0.0654 e. The van der Waals surface area contributed by atoms with E-state index in [0.29, 0.717) is 0 Å². The van der Waals surface area contributed by atoms with E-state index in [2.05, 4.69) is 20.8 Å². The third-order valence-electron chi connectivity index (χ3n) is 6.15. The van der Waals surface area contributed by atoms with Crippen molar-refractivity contribution in [3.05, 3.63) is 0 Å². The van der Waals surface area contributed by atoms with Crippen LogP contribution in [0.2, 0.25) is 0 Å². The Bertz CT molecular complexity index is 218. The standard InChI is InChI=1S/C26H54/c1-4-7-10-13-14-15-16-19-22-25-26(23-20-17-11-8-5-2)24-21-18-12-9-6-3/h26H,4-25H2,1-3H3. The summed E-state index contributed by atoms with van der Waals surface area (Å²) in [7, 11) is 0. The van der Waals surface area contributed by atoms with Gasteiger partial charge in [-0.1, -0.05) is 162 Å². The van der Waals surface area contributed by atoms with Gasteiger partial charge >= 0.3 is 0 Å². The van der Waals surface area contributed by atoms with E-state index < -0.39 is 0 Å². The summed E-state index contributed by atoms with van der Waals surface area (Å²) in [6.07, 6.45) is 32.3. The lowest BCUT2D eigenvalue weighted by molar-refractivity contribution is 0.366. The predicted molar refractivity (Wildman–Crippen MR) is 122 cm³/mol. The molecule has 0 aliphatic heterocycles. The van der Waals surface area contributed by atoms with Crippen LogP contribution in [0.4, 0.5) is 0 Å². The van der Waals surface area contributed by atoms with Crippen LogP contribution in [0.5, 0.6) is 0 Å². The van der Waals surface area contributed by atoms with E-state index in [1.165, 1.54) is 141 Å². The van der Waals surface area contributed by atoms with E-state index in [0.717, 1.165) is 5.92 Å². The molecule has 0 fully saturated rings. The first-order valence-electron chi connectivity index (χ1n) is 12.8. The second-order valence-electron chi connectivity index (χ2n) is 8.89. The van der Waals surface area contributed by atoms with Gasteiger partial charge in [-0.05, 0) is 5.92 Å². The maximum absolute atomic E-state index is 2.32. The zero-order valence-electron chi connectivity index (χ0n) is 19.1. The normalized spacial score (nSPS) is 11.5. The molecule has 158 valence electrons. The summed E-state index contributed by atoms with van der Waals surface area (Å²) >= 11 is 0. The first-order valence-corrected chi connectivity index (χ1v) is 12.8. The Kier molecular flexibility index (Phi) is 23.0. The highest BCUT2D eigenvalue weighted by Crippen LogP contribution is 2.24. The highest BCUT2D eigenvalue weighted by molar-refractivity contribution is 4.62. The van der Waals surface area contributed by atoms with Crippen molar-refractivity contribution in [3.8, 4) is 0 Å². The lowest BCUT2D eigenvalue weighted by Gasteiger charge is -2.17. The molecular weight excluding hydrogens is 312 g/mol. The summed E-state index contributed by atoms with van der Waals surface area (Å²) in [5, 5.41) is 0. The van der Waals surface area contributed by atoms with Crippen LogP contribution >= 0.6 is 0 Å². The average molecular weight is 367 g/mol. The Morgan fingerprint density at radius 3 is 0.808 bits per heavy atom. The summed E-state index contributed by atoms with van der Waals surface area (Å²) in [6.45, 7) is 6.95. The third kappa shape index (κ3) is 20.3. The number of hydrogen-bond acceptors (Lipinski definition) is 0. The van der Waals surface area contributed by atoms with Crippen LogP contribution < -0.4 is 0 Å². The van der Waals surface area contributed by atoms with Crippen LogP contribution in [0.3, 0.4) is 0 Å². The quantitative estimate of drug-likeness (QED) is 0.167. The third-order valence-corrected chi connectivity index (χ3v) is 6.15. The molecule has 0 heteroatoms. The van der Waals surface area contributed by atoms with Crippen molar-refractivity contribution in [2.24, 2.45) is 5.92 Å². The molecule has 0 unspecified atom stereocenters. The lowest BCUT2D eigenvalue weighted by Crippen LogP contribution is -2.01. The molecule has 0 aromatic heterocycles. The molecular formula is C26H54. The molecule has 0 atom stereocenters. The van der Waals surface area contributed by atoms with Gasteiger partial charge < -0.3 is 0 Å². The fourth-order valence-corrected chi connectivity index (χ4v) is 4.25. The van der Waals surface area contributed by atoms with Gasteiger partial charge in [-0.15, -0.1) is 0 Å². The van der Waals surface area contributed by atoms with E-state index in [1.807, 2.05) is 0 Å². The predicted octanol–water partition coefficient (Wildman–Crippen LogP) is 10.2. The molecule has 0 saturated carbocycles. The zero-order valence-corrected chi connectivity index (χ0v) is 19.1. The fraction of sp³-hybridized carbons (Fsp3) is 1.00. The zero-order chi connectivity index (χ0) is 19.1. The van der Waals surface area contributed by atoms with Crippen molar-refractivity contribution in [2.45, 2.75) is 162 Å². The minimum absolute atomic E-state index is 1.04. The molecule has 0 amide bonds. The highest BCUT2D eigenvalue weighted by Gasteiger charge is 2.08. The smallest absolute Gasteiger partial charge is 0.0414 e. The van der Waals surface area contributed by atoms with Crippen molar-refractivity contribution in [2.75, 3.05) is 0 Å². The maximum atomic E-state index is 2.32. The van der Waals surface area contributed by atoms with Gasteiger partial charge in [-0.3, -0.25) is 0 Å². The molecule has 0 saturated heterocycles. The summed E-state index contributed by atoms with van der Waals surface area (Å²) in [4.78, 5) is 0. The van der Waals surface area contributed by atoms with E-state index in [9.17, 15) is 0 Å². The Labute approximate surface area is 168 Å². The van der Waals surface area contributed by atoms with Crippen molar-refractivity contribution in [1.29, 1.82) is 0 Å². The number of unbranched alkanes of at least 4 members (excludes halogenated alkanes) is 16. The molecule has 0 nitrogen and oxygen atoms in total. The summed E-state index contributed by atoms with van der Waals surface area (Å²) in [6, 6.07) is 0. The van der Waals surface area contributed by atoms with Gasteiger partial charge in [0.1, 0.15) is 0 Å². The summed E-state index contributed by atoms with van der Waals surface area (Å²) in [5.74, 6) is 1.04. The van der Waals surface area contributed by atoms with Gasteiger partial charge in [0.05, 0.1) is 0 Å². The number of hydrogen-bond donors (Lipinski definition) is 0. The van der Waals surface area contributed by atoms with Crippen LogP contribution in [0.25, 0.3) is 0 Å². The van der Waals surface area contributed by atoms with Gasteiger partial charge in [0, 0.05) is 0 Å². The summed E-state index contributed by atoms with van der Waals surface area (Å²) in [5.41, 5.74) is 0. The second kappa shape index (κ2) is 23.0. The Balaban J connectivity index is 3.70. The second-order valence-corrected chi connectivity index (χ2v) is 8.89. The molecule has 0 aliphatic rings. The van der Waals surface area contributed by atoms with Crippen molar-refractivity contribution in [1.82, 2.24) is 0 Å². The SMILES string of the molecule is CCCCCCCCCCCC(CCCCCCC)CCCCCCC. The average Bonchev–Trinajstić information content (AvgIpc) is 2.65. The van der Waals surface area contributed by atoms with Gasteiger partial charge in [0.25, 0.3) is 0 Å². The monoisotopic (exact) mass is 366 g/mol. The van der Waals surface area contributed by atoms with Crippen LogP contribution in [0.1, 0.15) is 162 Å². The first kappa shape index (κ1) is 26.0. The molecule has 26 heavy (non-hydrogen) atoms. The highest BCUT2D eigenvalue weighted by atomic mass is 14.1. The van der Waals surface area contributed by atoms with E-state index >= 15 is 0 Å². The van der Waals surface area contributed by atoms with Gasteiger partial charge in [0.15, 0.2) is 0 Å². The molecule has 0 radical (unpaired) electrons. The molecule has 0 aromatic carbocycles. The topological polar surface area (TPSA) is 0 Å². The molecule has 0 N–H and O–H groups in total. The lowest BCUT2D eigenvalue weighted by atomic mass is 9.89. The van der Waals surface area contributed by atoms with Gasteiger partial charge in [0.2, 0.25) is 0 Å². The summed E-state index contributed by atoms with van der Waals surface area (Å²) < 4.78 is 0. The van der Waals surface area contributed by atoms with Crippen LogP contribution in [-0.2, 0) is 0 Å². The van der Waals surface area contributed by atoms with Crippen molar-refractivity contribution < 1.29 is 0 Å². The molecule has 0 bridgehead atoms. The molecule has 0 heterocycles. The van der Waals surface area contributed by atoms with Crippen LogP contribution in [-0.4, -0.2) is 0 Å². The molecule has 0 rings (SSSR count). The largest absolute Gasteiger partial charge is 0.0654 e. The van der Waals surface area contributed by atoms with E-state index in [-0.39, 0.29) is 0 Å². The minimum atomic E-state index is 1.04. The van der Waals surface area contributed by atoms with Crippen LogP contribution in [0.15, 0.2) is 0 Å². The van der Waals surface area contributed by atoms with Crippen molar-refractivity contribution in [3.63, 3.8) is 0 Å². The van der Waals surface area contributed by atoms with E-state index in [4.69, 9.17) is 0 Å². The fourth-order valence-electron chi connectivity index (χ4n) is 4.25. The van der Waals surface area contributed by atoms with Gasteiger partial charge in [-0.2, -0.15) is 0 Å². The Morgan fingerprint density at radius 2 is 0.538 bits per heavy atom. The van der Waals surface area contributed by atoms with Crippen LogP contribution in [0, 0.1) is 5.92 Å². The first-order chi connectivity index (χ1) is 12.8. The molecule has 0 aromatic rings. The Hall–Kier alpha value is 0. The molecule has 0 aliphatic carbocycles. The maximum Gasteiger partial charge on any atom is -0.0414 e. The molecule has 0 spiro atoms.